The van der Waals surface area contributed by atoms with E-state index in [1.807, 2.05) is 32.4 Å². The molecule has 2 rings (SSSR count). The van der Waals surface area contributed by atoms with Gasteiger partial charge in [-0.3, -0.25) is 4.79 Å². The van der Waals surface area contributed by atoms with E-state index < -0.39 is 0 Å². The van der Waals surface area contributed by atoms with Crippen molar-refractivity contribution in [3.63, 3.8) is 0 Å². The molecule has 2 aromatic rings. The van der Waals surface area contributed by atoms with E-state index in [1.54, 1.807) is 9.08 Å². The zero-order chi connectivity index (χ0) is 13.8. The number of aromatic nitrogens is 3. The van der Waals surface area contributed by atoms with Gasteiger partial charge < -0.3 is 9.88 Å². The Morgan fingerprint density at radius 2 is 2.21 bits per heavy atom. The highest BCUT2D eigenvalue weighted by Gasteiger charge is 2.06. The molecule has 0 aliphatic carbocycles. The van der Waals surface area contributed by atoms with E-state index in [9.17, 15) is 4.79 Å². The molecule has 0 aliphatic rings. The first-order valence-corrected chi connectivity index (χ1v) is 6.88. The van der Waals surface area contributed by atoms with Crippen LogP contribution in [0, 0.1) is 6.92 Å². The maximum atomic E-state index is 12.2. The Balaban J connectivity index is 2.09. The molecule has 0 spiro atoms. The average Bonchev–Trinajstić information content (AvgIpc) is 2.79. The summed E-state index contributed by atoms with van der Waals surface area (Å²) in [6.45, 7) is 4.84. The number of rotatable bonds is 6. The summed E-state index contributed by atoms with van der Waals surface area (Å²) in [4.78, 5) is 12.2. The Morgan fingerprint density at radius 1 is 1.42 bits per heavy atom. The number of hydrogen-bond acceptors (Lipinski definition) is 3. The molecule has 19 heavy (non-hydrogen) atoms. The van der Waals surface area contributed by atoms with Crippen LogP contribution in [-0.2, 0) is 6.54 Å². The van der Waals surface area contributed by atoms with Crippen molar-refractivity contribution in [2.45, 2.75) is 45.7 Å². The lowest BCUT2D eigenvalue weighted by Crippen LogP contribution is -2.26. The monoisotopic (exact) mass is 262 g/mol. The Hall–Kier alpha value is -1.62. The van der Waals surface area contributed by atoms with Crippen molar-refractivity contribution in [1.29, 1.82) is 0 Å². The first kappa shape index (κ1) is 13.8. The van der Waals surface area contributed by atoms with Crippen LogP contribution in [0.5, 0.6) is 0 Å². The minimum Gasteiger partial charge on any atom is -0.317 e. The molecule has 0 fully saturated rings. The molecular weight excluding hydrogens is 240 g/mol. The molecule has 0 aromatic carbocycles. The Morgan fingerprint density at radius 3 is 2.89 bits per heavy atom. The van der Waals surface area contributed by atoms with Crippen LogP contribution in [0.2, 0.25) is 0 Å². The number of hydrogen-bond donors (Lipinski definition) is 1. The summed E-state index contributed by atoms with van der Waals surface area (Å²) in [5.74, 6) is 0. The summed E-state index contributed by atoms with van der Waals surface area (Å²) < 4.78 is 3.43. The summed E-state index contributed by atoms with van der Waals surface area (Å²) in [6, 6.07) is 2.37. The van der Waals surface area contributed by atoms with E-state index in [-0.39, 0.29) is 5.56 Å². The fourth-order valence-electron chi connectivity index (χ4n) is 2.39. The standard InChI is InChI=1S/C14H22N4O/c1-4-12(15-3)6-5-7-17-8-9-18-13(14(17)19)10-11(2)16-18/h8-10,12,15H,4-7H2,1-3H3. The van der Waals surface area contributed by atoms with Gasteiger partial charge in [0.2, 0.25) is 0 Å². The van der Waals surface area contributed by atoms with Crippen molar-refractivity contribution in [2.75, 3.05) is 7.05 Å². The van der Waals surface area contributed by atoms with Crippen LogP contribution in [0.15, 0.2) is 23.3 Å². The third-order valence-corrected chi connectivity index (χ3v) is 3.58. The highest BCUT2D eigenvalue weighted by Crippen LogP contribution is 2.04. The van der Waals surface area contributed by atoms with Crippen LogP contribution >= 0.6 is 0 Å². The fourth-order valence-corrected chi connectivity index (χ4v) is 2.39. The normalized spacial score (nSPS) is 13.0. The molecule has 1 atom stereocenters. The number of aryl methyl sites for hydroxylation is 2. The highest BCUT2D eigenvalue weighted by molar-refractivity contribution is 5.44. The Bertz CT molecular complexity index is 595. The molecule has 0 saturated carbocycles. The largest absolute Gasteiger partial charge is 0.317 e. The van der Waals surface area contributed by atoms with Gasteiger partial charge in [0, 0.05) is 25.0 Å². The van der Waals surface area contributed by atoms with E-state index in [1.165, 1.54) is 0 Å². The molecule has 0 aliphatic heterocycles. The van der Waals surface area contributed by atoms with Gasteiger partial charge in [0.1, 0.15) is 5.52 Å². The maximum absolute atomic E-state index is 12.2. The lowest BCUT2D eigenvalue weighted by Gasteiger charge is -2.13. The smallest absolute Gasteiger partial charge is 0.276 e. The van der Waals surface area contributed by atoms with Gasteiger partial charge in [-0.15, -0.1) is 0 Å². The maximum Gasteiger partial charge on any atom is 0.276 e. The predicted octanol–water partition coefficient (Wildman–Crippen LogP) is 1.58. The summed E-state index contributed by atoms with van der Waals surface area (Å²) in [5, 5.41) is 7.53. The number of nitrogens with zero attached hydrogens (tertiary/aromatic N) is 3. The quantitative estimate of drug-likeness (QED) is 0.860. The minimum atomic E-state index is 0.0422. The van der Waals surface area contributed by atoms with Gasteiger partial charge in [-0.05, 0) is 39.3 Å². The van der Waals surface area contributed by atoms with Crippen LogP contribution in [0.3, 0.4) is 0 Å². The van der Waals surface area contributed by atoms with Gasteiger partial charge in [0.25, 0.3) is 5.56 Å². The SMILES string of the molecule is CCC(CCCn1ccn2nc(C)cc2c1=O)NC. The van der Waals surface area contributed by atoms with E-state index in [0.29, 0.717) is 11.6 Å². The third kappa shape index (κ3) is 3.04. The van der Waals surface area contributed by atoms with Crippen molar-refractivity contribution in [3.8, 4) is 0 Å². The lowest BCUT2D eigenvalue weighted by molar-refractivity contribution is 0.465. The molecule has 2 aromatic heterocycles. The molecule has 2 heterocycles. The van der Waals surface area contributed by atoms with Gasteiger partial charge in [-0.2, -0.15) is 5.10 Å². The van der Waals surface area contributed by atoms with Gasteiger partial charge >= 0.3 is 0 Å². The predicted molar refractivity (Wildman–Crippen MR) is 76.6 cm³/mol. The topological polar surface area (TPSA) is 51.3 Å². The van der Waals surface area contributed by atoms with Crippen molar-refractivity contribution in [1.82, 2.24) is 19.5 Å². The van der Waals surface area contributed by atoms with Crippen molar-refractivity contribution in [2.24, 2.45) is 0 Å². The molecule has 0 saturated heterocycles. The molecular formula is C14H22N4O. The zero-order valence-corrected chi connectivity index (χ0v) is 11.9. The first-order valence-electron chi connectivity index (χ1n) is 6.88. The van der Waals surface area contributed by atoms with Gasteiger partial charge in [-0.1, -0.05) is 6.92 Å². The minimum absolute atomic E-state index is 0.0422. The second kappa shape index (κ2) is 6.02. The second-order valence-corrected chi connectivity index (χ2v) is 4.95. The average molecular weight is 262 g/mol. The molecule has 104 valence electrons. The molecule has 1 unspecified atom stereocenters. The van der Waals surface area contributed by atoms with Crippen LogP contribution in [0.4, 0.5) is 0 Å². The Kier molecular flexibility index (Phi) is 4.37. The summed E-state index contributed by atoms with van der Waals surface area (Å²) >= 11 is 0. The number of fused-ring (bicyclic) bond motifs is 1. The zero-order valence-electron chi connectivity index (χ0n) is 11.9. The van der Waals surface area contributed by atoms with Gasteiger partial charge in [0.05, 0.1) is 5.69 Å². The van der Waals surface area contributed by atoms with E-state index in [4.69, 9.17) is 0 Å². The van der Waals surface area contributed by atoms with Crippen molar-refractivity contribution < 1.29 is 0 Å². The third-order valence-electron chi connectivity index (χ3n) is 3.58. The molecule has 0 amide bonds. The molecule has 1 N–H and O–H groups in total. The van der Waals surface area contributed by atoms with Crippen molar-refractivity contribution in [3.05, 3.63) is 34.5 Å². The van der Waals surface area contributed by atoms with Crippen LogP contribution in [0.1, 0.15) is 31.9 Å². The highest BCUT2D eigenvalue weighted by atomic mass is 16.1. The second-order valence-electron chi connectivity index (χ2n) is 4.95. The fraction of sp³-hybridized carbons (Fsp3) is 0.571. The molecule has 5 nitrogen and oxygen atoms in total. The summed E-state index contributed by atoms with van der Waals surface area (Å²) in [5.41, 5.74) is 1.57. The number of nitrogens with one attached hydrogen (secondary N) is 1. The van der Waals surface area contributed by atoms with Crippen LogP contribution in [-0.4, -0.2) is 27.3 Å². The van der Waals surface area contributed by atoms with E-state index in [2.05, 4.69) is 17.3 Å². The van der Waals surface area contributed by atoms with Gasteiger partial charge in [0.15, 0.2) is 0 Å². The Labute approximate surface area is 113 Å². The van der Waals surface area contributed by atoms with Crippen molar-refractivity contribution >= 4 is 5.52 Å². The first-order chi connectivity index (χ1) is 9.15. The lowest BCUT2D eigenvalue weighted by atomic mass is 10.1. The van der Waals surface area contributed by atoms with E-state index in [0.717, 1.165) is 31.5 Å². The summed E-state index contributed by atoms with van der Waals surface area (Å²) in [6.07, 6.45) is 6.87. The molecule has 0 radical (unpaired) electrons. The van der Waals surface area contributed by atoms with E-state index >= 15 is 0 Å². The summed E-state index contributed by atoms with van der Waals surface area (Å²) in [7, 11) is 1.99. The van der Waals surface area contributed by atoms with Crippen LogP contribution < -0.4 is 10.9 Å². The molecule has 0 bridgehead atoms. The van der Waals surface area contributed by atoms with Gasteiger partial charge in [-0.25, -0.2) is 4.52 Å². The molecule has 5 heteroatoms. The van der Waals surface area contributed by atoms with Crippen LogP contribution in [0.25, 0.3) is 5.52 Å².